The predicted molar refractivity (Wildman–Crippen MR) is 89.8 cm³/mol. The smallest absolute Gasteiger partial charge is 0.306 e. The van der Waals surface area contributed by atoms with E-state index >= 15 is 0 Å². The molecule has 2 aromatic carbocycles. The monoisotopic (exact) mass is 310 g/mol. The molecule has 23 heavy (non-hydrogen) atoms. The van der Waals surface area contributed by atoms with Crippen LogP contribution >= 0.6 is 0 Å². The summed E-state index contributed by atoms with van der Waals surface area (Å²) in [4.78, 5) is 11.0. The fourth-order valence-corrected chi connectivity index (χ4v) is 3.15. The zero-order valence-corrected chi connectivity index (χ0v) is 13.3. The molecule has 0 heterocycles. The van der Waals surface area contributed by atoms with E-state index in [1.165, 1.54) is 5.56 Å². The van der Waals surface area contributed by atoms with Crippen LogP contribution in [0.2, 0.25) is 0 Å². The van der Waals surface area contributed by atoms with E-state index in [0.29, 0.717) is 11.8 Å². The summed E-state index contributed by atoms with van der Waals surface area (Å²) in [6.07, 6.45) is 2.83. The molecule has 1 aliphatic rings. The average molecular weight is 310 g/mol. The Balaban J connectivity index is 1.62. The molecule has 0 aliphatic heterocycles. The largest absolute Gasteiger partial charge is 0.481 e. The van der Waals surface area contributed by atoms with Crippen LogP contribution in [0, 0.1) is 11.8 Å². The summed E-state index contributed by atoms with van der Waals surface area (Å²) in [5.41, 5.74) is 1.27. The number of para-hydroxylation sites is 1. The van der Waals surface area contributed by atoms with Gasteiger partial charge < -0.3 is 9.84 Å². The standard InChI is InChI=1S/C20H22O3/c1-2-14(12-16-13-19(16)20(21)22)15-8-10-18(11-9-15)23-17-6-4-3-5-7-17/h3-11,14,16,19H,2,12-13H2,1H3,(H,21,22). The van der Waals surface area contributed by atoms with E-state index in [1.807, 2.05) is 42.5 Å². The van der Waals surface area contributed by atoms with E-state index in [0.717, 1.165) is 30.8 Å². The van der Waals surface area contributed by atoms with Gasteiger partial charge in [-0.15, -0.1) is 0 Å². The summed E-state index contributed by atoms with van der Waals surface area (Å²) < 4.78 is 5.81. The van der Waals surface area contributed by atoms with Crippen molar-refractivity contribution >= 4 is 5.97 Å². The van der Waals surface area contributed by atoms with Crippen LogP contribution in [0.1, 0.15) is 37.7 Å². The van der Waals surface area contributed by atoms with E-state index in [9.17, 15) is 4.79 Å². The molecule has 2 aromatic rings. The highest BCUT2D eigenvalue weighted by Gasteiger charge is 2.43. The van der Waals surface area contributed by atoms with E-state index < -0.39 is 5.97 Å². The Morgan fingerprint density at radius 3 is 2.35 bits per heavy atom. The lowest BCUT2D eigenvalue weighted by atomic mass is 9.90. The first kappa shape index (κ1) is 15.6. The van der Waals surface area contributed by atoms with Crippen LogP contribution in [0.15, 0.2) is 54.6 Å². The zero-order valence-electron chi connectivity index (χ0n) is 13.3. The summed E-state index contributed by atoms with van der Waals surface area (Å²) in [6.45, 7) is 2.16. The first-order valence-electron chi connectivity index (χ1n) is 8.23. The molecule has 3 heteroatoms. The second-order valence-corrected chi connectivity index (χ2v) is 6.27. The SMILES string of the molecule is CCC(CC1CC1C(=O)O)c1ccc(Oc2ccccc2)cc1. The van der Waals surface area contributed by atoms with Crippen LogP contribution in [-0.4, -0.2) is 11.1 Å². The van der Waals surface area contributed by atoms with Crippen molar-refractivity contribution in [2.75, 3.05) is 0 Å². The summed E-state index contributed by atoms with van der Waals surface area (Å²) >= 11 is 0. The lowest BCUT2D eigenvalue weighted by Gasteiger charge is -2.16. The van der Waals surface area contributed by atoms with Gasteiger partial charge in [-0.25, -0.2) is 0 Å². The van der Waals surface area contributed by atoms with Gasteiger partial charge in [0.25, 0.3) is 0 Å². The molecule has 0 amide bonds. The van der Waals surface area contributed by atoms with Crippen molar-refractivity contribution in [2.24, 2.45) is 11.8 Å². The molecule has 1 N–H and O–H groups in total. The molecule has 120 valence electrons. The fraction of sp³-hybridized carbons (Fsp3) is 0.350. The minimum atomic E-state index is -0.642. The van der Waals surface area contributed by atoms with E-state index in [1.54, 1.807) is 0 Å². The summed E-state index contributed by atoms with van der Waals surface area (Å²) in [7, 11) is 0. The summed E-state index contributed by atoms with van der Waals surface area (Å²) in [5.74, 6) is 1.66. The fourth-order valence-electron chi connectivity index (χ4n) is 3.15. The zero-order chi connectivity index (χ0) is 16.2. The molecule has 3 nitrogen and oxygen atoms in total. The predicted octanol–water partition coefficient (Wildman–Crippen LogP) is 5.08. The first-order chi connectivity index (χ1) is 11.2. The lowest BCUT2D eigenvalue weighted by Crippen LogP contribution is -2.04. The van der Waals surface area contributed by atoms with Crippen molar-refractivity contribution in [1.29, 1.82) is 0 Å². The number of benzene rings is 2. The molecular weight excluding hydrogens is 288 g/mol. The van der Waals surface area contributed by atoms with Crippen molar-refractivity contribution in [3.63, 3.8) is 0 Å². The molecule has 0 radical (unpaired) electrons. The van der Waals surface area contributed by atoms with E-state index in [4.69, 9.17) is 9.84 Å². The van der Waals surface area contributed by atoms with Gasteiger partial charge in [0.2, 0.25) is 0 Å². The highest BCUT2D eigenvalue weighted by molar-refractivity contribution is 5.73. The molecule has 3 rings (SSSR count). The average Bonchev–Trinajstić information content (AvgIpc) is 3.34. The molecular formula is C20H22O3. The highest BCUT2D eigenvalue weighted by Crippen LogP contribution is 2.46. The van der Waals surface area contributed by atoms with Crippen LogP contribution in [0.3, 0.4) is 0 Å². The van der Waals surface area contributed by atoms with Crippen LogP contribution < -0.4 is 4.74 Å². The number of hydrogen-bond donors (Lipinski definition) is 1. The van der Waals surface area contributed by atoms with Crippen LogP contribution in [0.4, 0.5) is 0 Å². The molecule has 3 unspecified atom stereocenters. The number of carboxylic acid groups (broad SMARTS) is 1. The van der Waals surface area contributed by atoms with Crippen LogP contribution in [0.25, 0.3) is 0 Å². The minimum absolute atomic E-state index is 0.121. The third kappa shape index (κ3) is 3.92. The number of hydrogen-bond acceptors (Lipinski definition) is 2. The maximum absolute atomic E-state index is 11.0. The quantitative estimate of drug-likeness (QED) is 0.775. The van der Waals surface area contributed by atoms with Gasteiger partial charge in [-0.05, 0) is 60.9 Å². The maximum atomic E-state index is 11.0. The van der Waals surface area contributed by atoms with E-state index in [2.05, 4.69) is 19.1 Å². The van der Waals surface area contributed by atoms with Crippen LogP contribution in [0.5, 0.6) is 11.5 Å². The molecule has 1 aliphatic carbocycles. The Kier molecular flexibility index (Phi) is 4.65. The van der Waals surface area contributed by atoms with Crippen molar-refractivity contribution in [3.05, 3.63) is 60.2 Å². The second-order valence-electron chi connectivity index (χ2n) is 6.27. The normalized spacial score (nSPS) is 20.7. The number of carbonyl (C=O) groups is 1. The Hall–Kier alpha value is -2.29. The van der Waals surface area contributed by atoms with Gasteiger partial charge >= 0.3 is 5.97 Å². The summed E-state index contributed by atoms with van der Waals surface area (Å²) in [6, 6.07) is 17.9. The molecule has 0 spiro atoms. The molecule has 0 aromatic heterocycles. The van der Waals surface area contributed by atoms with E-state index in [-0.39, 0.29) is 5.92 Å². The van der Waals surface area contributed by atoms with Gasteiger partial charge in [0.15, 0.2) is 0 Å². The van der Waals surface area contributed by atoms with Gasteiger partial charge in [0.05, 0.1) is 5.92 Å². The van der Waals surface area contributed by atoms with Gasteiger partial charge in [-0.1, -0.05) is 37.3 Å². The maximum Gasteiger partial charge on any atom is 0.306 e. The Labute approximate surface area is 136 Å². The molecule has 3 atom stereocenters. The van der Waals surface area contributed by atoms with Gasteiger partial charge in [-0.2, -0.15) is 0 Å². The van der Waals surface area contributed by atoms with Gasteiger partial charge in [-0.3, -0.25) is 4.79 Å². The first-order valence-corrected chi connectivity index (χ1v) is 8.23. The lowest BCUT2D eigenvalue weighted by molar-refractivity contribution is -0.138. The Morgan fingerprint density at radius 1 is 1.13 bits per heavy atom. The summed E-state index contributed by atoms with van der Waals surface area (Å²) in [5, 5.41) is 9.04. The minimum Gasteiger partial charge on any atom is -0.481 e. The topological polar surface area (TPSA) is 46.5 Å². The molecule has 0 bridgehead atoms. The third-order valence-corrected chi connectivity index (χ3v) is 4.65. The Morgan fingerprint density at radius 2 is 1.78 bits per heavy atom. The molecule has 1 saturated carbocycles. The highest BCUT2D eigenvalue weighted by atomic mass is 16.5. The number of carboxylic acids is 1. The van der Waals surface area contributed by atoms with Gasteiger partial charge in [0, 0.05) is 0 Å². The van der Waals surface area contributed by atoms with Crippen molar-refractivity contribution < 1.29 is 14.6 Å². The number of rotatable bonds is 7. The molecule has 0 saturated heterocycles. The number of ether oxygens (including phenoxy) is 1. The van der Waals surface area contributed by atoms with Crippen LogP contribution in [-0.2, 0) is 4.79 Å². The number of aliphatic carboxylic acids is 1. The van der Waals surface area contributed by atoms with Crippen molar-refractivity contribution in [2.45, 2.75) is 32.1 Å². The second kappa shape index (κ2) is 6.86. The third-order valence-electron chi connectivity index (χ3n) is 4.65. The van der Waals surface area contributed by atoms with Crippen molar-refractivity contribution in [1.82, 2.24) is 0 Å². The Bertz CT molecular complexity index is 648. The van der Waals surface area contributed by atoms with Crippen molar-refractivity contribution in [3.8, 4) is 11.5 Å². The van der Waals surface area contributed by atoms with Gasteiger partial charge in [0.1, 0.15) is 11.5 Å². The molecule has 1 fully saturated rings.